The minimum atomic E-state index is -1.85. The van der Waals surface area contributed by atoms with E-state index in [2.05, 4.69) is 17.5 Å². The highest BCUT2D eigenvalue weighted by Gasteiger charge is 2.40. The normalized spacial score (nSPS) is 11.9. The second-order valence-corrected chi connectivity index (χ2v) is 7.56. The van der Waals surface area contributed by atoms with Gasteiger partial charge in [-0.25, -0.2) is 5.43 Å². The van der Waals surface area contributed by atoms with Crippen LogP contribution in [0.3, 0.4) is 0 Å². The van der Waals surface area contributed by atoms with Crippen molar-refractivity contribution in [3.05, 3.63) is 107 Å². The Labute approximate surface area is 178 Å². The largest absolute Gasteiger partial charge is 0.372 e. The van der Waals surface area contributed by atoms with E-state index in [9.17, 15) is 9.90 Å². The van der Waals surface area contributed by atoms with Crippen molar-refractivity contribution in [2.75, 3.05) is 0 Å². The predicted molar refractivity (Wildman–Crippen MR) is 121 cm³/mol. The Balaban J connectivity index is 1.99. The Morgan fingerprint density at radius 2 is 1.37 bits per heavy atom. The van der Waals surface area contributed by atoms with Crippen molar-refractivity contribution in [2.45, 2.75) is 39.2 Å². The first-order valence-corrected chi connectivity index (χ1v) is 10.2. The summed E-state index contributed by atoms with van der Waals surface area (Å²) in [6.45, 7) is 6.00. The molecule has 4 heteroatoms. The fourth-order valence-corrected chi connectivity index (χ4v) is 3.35. The number of hydrazone groups is 1. The van der Waals surface area contributed by atoms with Gasteiger partial charge in [0.15, 0.2) is 5.60 Å². The molecule has 0 atom stereocenters. The van der Waals surface area contributed by atoms with Crippen LogP contribution >= 0.6 is 0 Å². The third kappa shape index (κ3) is 4.66. The minimum absolute atomic E-state index is 0.501. The quantitative estimate of drug-likeness (QED) is 0.439. The molecule has 0 aromatic heterocycles. The molecule has 3 rings (SSSR count). The number of amides is 1. The van der Waals surface area contributed by atoms with Gasteiger partial charge in [0.25, 0.3) is 5.91 Å². The molecule has 0 aliphatic heterocycles. The number of hydrogen-bond acceptors (Lipinski definition) is 3. The molecule has 0 aliphatic carbocycles. The predicted octanol–water partition coefficient (Wildman–Crippen LogP) is 4.86. The summed E-state index contributed by atoms with van der Waals surface area (Å²) in [5.41, 5.74) is 5.63. The van der Waals surface area contributed by atoms with E-state index in [1.54, 1.807) is 24.3 Å². The van der Waals surface area contributed by atoms with Crippen molar-refractivity contribution < 1.29 is 9.90 Å². The molecule has 0 aliphatic rings. The average molecular weight is 401 g/mol. The van der Waals surface area contributed by atoms with Crippen LogP contribution in [-0.2, 0) is 10.4 Å². The van der Waals surface area contributed by atoms with E-state index in [0.29, 0.717) is 11.1 Å². The summed E-state index contributed by atoms with van der Waals surface area (Å²) in [6.07, 6.45) is 1.61. The van der Waals surface area contributed by atoms with Gasteiger partial charge < -0.3 is 5.11 Å². The van der Waals surface area contributed by atoms with Gasteiger partial charge >= 0.3 is 0 Å². The van der Waals surface area contributed by atoms with Gasteiger partial charge in [0.1, 0.15) is 0 Å². The number of nitrogens with zero attached hydrogens (tertiary/aromatic N) is 1. The van der Waals surface area contributed by atoms with Gasteiger partial charge in [-0.2, -0.15) is 5.10 Å². The molecule has 0 heterocycles. The molecule has 0 radical (unpaired) electrons. The fraction of sp³-hybridized carbons (Fsp3) is 0.231. The third-order valence-electron chi connectivity index (χ3n) is 5.15. The molecular formula is C26H28N2O2. The van der Waals surface area contributed by atoms with Crippen LogP contribution in [0.2, 0.25) is 0 Å². The number of hydrogen-bond donors (Lipinski definition) is 2. The lowest BCUT2D eigenvalue weighted by Crippen LogP contribution is -2.44. The van der Waals surface area contributed by atoms with Crippen molar-refractivity contribution in [2.24, 2.45) is 5.10 Å². The second kappa shape index (κ2) is 9.51. The second-order valence-electron chi connectivity index (χ2n) is 7.56. The number of rotatable bonds is 7. The molecule has 0 saturated heterocycles. The van der Waals surface area contributed by atoms with E-state index < -0.39 is 11.5 Å². The molecule has 0 bridgehead atoms. The molecule has 3 aromatic rings. The first-order valence-electron chi connectivity index (χ1n) is 10.2. The summed E-state index contributed by atoms with van der Waals surface area (Å²) in [4.78, 5) is 13.3. The topological polar surface area (TPSA) is 61.7 Å². The van der Waals surface area contributed by atoms with E-state index in [1.165, 1.54) is 0 Å². The van der Waals surface area contributed by atoms with Crippen LogP contribution < -0.4 is 5.43 Å². The molecule has 1 amide bonds. The standard InChI is InChI=1S/C26H28N2O2/c1-4-8-24(21-9-6-5-7-10-21)27-28-25(29)26(30,22-15-11-19(2)12-16-22)23-17-13-20(3)14-18-23/h5-7,9-18,30H,4,8H2,1-3H3,(H,28,29)/b27-24+. The van der Waals surface area contributed by atoms with Crippen LogP contribution in [0.15, 0.2) is 84.0 Å². The van der Waals surface area contributed by atoms with Crippen LogP contribution in [0.25, 0.3) is 0 Å². The Bertz CT molecular complexity index is 962. The van der Waals surface area contributed by atoms with E-state index in [1.807, 2.05) is 68.4 Å². The molecule has 0 saturated carbocycles. The smallest absolute Gasteiger partial charge is 0.281 e. The van der Waals surface area contributed by atoms with Gasteiger partial charge in [-0.1, -0.05) is 103 Å². The Morgan fingerprint density at radius 3 is 1.83 bits per heavy atom. The zero-order valence-electron chi connectivity index (χ0n) is 17.7. The number of carbonyl (C=O) groups excluding carboxylic acids is 1. The van der Waals surface area contributed by atoms with Gasteiger partial charge in [0.05, 0.1) is 5.71 Å². The van der Waals surface area contributed by atoms with Gasteiger partial charge in [-0.15, -0.1) is 0 Å². The van der Waals surface area contributed by atoms with E-state index in [0.717, 1.165) is 35.2 Å². The maximum absolute atomic E-state index is 13.3. The monoisotopic (exact) mass is 400 g/mol. The first kappa shape index (κ1) is 21.5. The highest BCUT2D eigenvalue weighted by Crippen LogP contribution is 2.30. The van der Waals surface area contributed by atoms with Crippen molar-refractivity contribution in [3.8, 4) is 0 Å². The van der Waals surface area contributed by atoms with Crippen LogP contribution in [0.1, 0.15) is 47.6 Å². The SMILES string of the molecule is CCC/C(=N\NC(=O)C(O)(c1ccc(C)cc1)c1ccc(C)cc1)c1ccccc1. The highest BCUT2D eigenvalue weighted by atomic mass is 16.3. The number of benzene rings is 3. The summed E-state index contributed by atoms with van der Waals surface area (Å²) in [7, 11) is 0. The molecule has 0 fully saturated rings. The zero-order valence-corrected chi connectivity index (χ0v) is 17.7. The molecule has 3 aromatic carbocycles. The lowest BCUT2D eigenvalue weighted by Gasteiger charge is -2.27. The van der Waals surface area contributed by atoms with Crippen LogP contribution in [-0.4, -0.2) is 16.7 Å². The van der Waals surface area contributed by atoms with Gasteiger partial charge in [0.2, 0.25) is 0 Å². The molecule has 4 nitrogen and oxygen atoms in total. The number of carbonyl (C=O) groups is 1. The summed E-state index contributed by atoms with van der Waals surface area (Å²) < 4.78 is 0. The summed E-state index contributed by atoms with van der Waals surface area (Å²) in [5, 5.41) is 16.0. The number of aliphatic hydroxyl groups is 1. The minimum Gasteiger partial charge on any atom is -0.372 e. The maximum Gasteiger partial charge on any atom is 0.281 e. The van der Waals surface area contributed by atoms with E-state index >= 15 is 0 Å². The van der Waals surface area contributed by atoms with Crippen molar-refractivity contribution in [1.29, 1.82) is 0 Å². The molecule has 0 unspecified atom stereocenters. The molecular weight excluding hydrogens is 372 g/mol. The average Bonchev–Trinajstić information content (AvgIpc) is 2.77. The van der Waals surface area contributed by atoms with E-state index in [4.69, 9.17) is 0 Å². The Morgan fingerprint density at radius 1 is 0.867 bits per heavy atom. The molecule has 2 N–H and O–H groups in total. The lowest BCUT2D eigenvalue weighted by atomic mass is 9.85. The number of aryl methyl sites for hydroxylation is 2. The van der Waals surface area contributed by atoms with Crippen molar-refractivity contribution in [3.63, 3.8) is 0 Å². The van der Waals surface area contributed by atoms with Crippen molar-refractivity contribution >= 4 is 11.6 Å². The van der Waals surface area contributed by atoms with E-state index in [-0.39, 0.29) is 0 Å². The summed E-state index contributed by atoms with van der Waals surface area (Å²) >= 11 is 0. The number of nitrogens with one attached hydrogen (secondary N) is 1. The van der Waals surface area contributed by atoms with Crippen LogP contribution in [0.5, 0.6) is 0 Å². The Kier molecular flexibility index (Phi) is 6.80. The fourth-order valence-electron chi connectivity index (χ4n) is 3.35. The first-order chi connectivity index (χ1) is 14.4. The maximum atomic E-state index is 13.3. The summed E-state index contributed by atoms with van der Waals surface area (Å²) in [5.74, 6) is -0.584. The van der Waals surface area contributed by atoms with Crippen molar-refractivity contribution in [1.82, 2.24) is 5.43 Å². The van der Waals surface area contributed by atoms with Crippen LogP contribution in [0, 0.1) is 13.8 Å². The van der Waals surface area contributed by atoms with Gasteiger partial charge in [0, 0.05) is 0 Å². The van der Waals surface area contributed by atoms with Gasteiger partial charge in [-0.3, -0.25) is 4.79 Å². The highest BCUT2D eigenvalue weighted by molar-refractivity contribution is 6.01. The Hall–Kier alpha value is -3.24. The summed E-state index contributed by atoms with van der Waals surface area (Å²) in [6, 6.07) is 24.4. The molecule has 154 valence electrons. The lowest BCUT2D eigenvalue weighted by molar-refractivity contribution is -0.136. The molecule has 0 spiro atoms. The zero-order chi connectivity index (χ0) is 21.6. The molecule has 30 heavy (non-hydrogen) atoms. The van der Waals surface area contributed by atoms with Crippen LogP contribution in [0.4, 0.5) is 0 Å². The van der Waals surface area contributed by atoms with Gasteiger partial charge in [-0.05, 0) is 37.0 Å². The third-order valence-corrected chi connectivity index (χ3v) is 5.15.